The van der Waals surface area contributed by atoms with Gasteiger partial charge in [0.25, 0.3) is 0 Å². The summed E-state index contributed by atoms with van der Waals surface area (Å²) in [7, 11) is 0. The van der Waals surface area contributed by atoms with Crippen LogP contribution in [0.5, 0.6) is 17.2 Å². The van der Waals surface area contributed by atoms with E-state index in [1.54, 1.807) is 64.1 Å². The van der Waals surface area contributed by atoms with Gasteiger partial charge in [-0.1, -0.05) is 18.7 Å². The highest BCUT2D eigenvalue weighted by atomic mass is 16.5. The molecule has 0 saturated carbocycles. The molecule has 142 valence electrons. The Bertz CT molecular complexity index is 811. The molecule has 0 amide bonds. The van der Waals surface area contributed by atoms with Crippen LogP contribution in [-0.4, -0.2) is 11.9 Å². The molecule has 0 aliphatic carbocycles. The topological polar surface area (TPSA) is 61.8 Å². The zero-order valence-corrected chi connectivity index (χ0v) is 16.1. The molecule has 0 aliphatic rings. The van der Waals surface area contributed by atoms with E-state index in [0.29, 0.717) is 29.4 Å². The van der Waals surface area contributed by atoms with Gasteiger partial charge in [-0.05, 0) is 69.7 Å². The van der Waals surface area contributed by atoms with Crippen molar-refractivity contribution in [3.63, 3.8) is 0 Å². The molecule has 0 heterocycles. The predicted octanol–water partition coefficient (Wildman–Crippen LogP) is 4.70. The van der Waals surface area contributed by atoms with Crippen LogP contribution in [0.3, 0.4) is 0 Å². The summed E-state index contributed by atoms with van der Waals surface area (Å²) in [5.41, 5.74) is 0.715. The molecule has 0 aliphatic heterocycles. The van der Waals surface area contributed by atoms with Gasteiger partial charge in [0.1, 0.15) is 23.9 Å². The smallest absolute Gasteiger partial charge is 0.338 e. The van der Waals surface area contributed by atoms with E-state index in [-0.39, 0.29) is 5.97 Å². The SMILES string of the molecule is C=C(C)C(=O)Oc1ccc(COc2ccc(OC(=O)C(C)(C)C)cc2)cc1. The Morgan fingerprint density at radius 2 is 1.33 bits per heavy atom. The van der Waals surface area contributed by atoms with Crippen LogP contribution in [0, 0.1) is 5.41 Å². The fourth-order valence-electron chi connectivity index (χ4n) is 1.88. The van der Waals surface area contributed by atoms with Crippen molar-refractivity contribution in [2.24, 2.45) is 5.41 Å². The van der Waals surface area contributed by atoms with Gasteiger partial charge in [-0.3, -0.25) is 4.79 Å². The van der Waals surface area contributed by atoms with Crippen LogP contribution in [0.25, 0.3) is 0 Å². The number of ether oxygens (including phenoxy) is 3. The lowest BCUT2D eigenvalue weighted by atomic mass is 9.97. The fraction of sp³-hybridized carbons (Fsp3) is 0.273. The molecule has 2 aromatic rings. The highest BCUT2D eigenvalue weighted by molar-refractivity contribution is 5.88. The molecule has 5 heteroatoms. The van der Waals surface area contributed by atoms with E-state index in [1.165, 1.54) is 0 Å². The first-order valence-corrected chi connectivity index (χ1v) is 8.57. The van der Waals surface area contributed by atoms with Gasteiger partial charge in [0.2, 0.25) is 0 Å². The van der Waals surface area contributed by atoms with Crippen molar-refractivity contribution in [2.45, 2.75) is 34.3 Å². The third-order valence-electron chi connectivity index (χ3n) is 3.53. The van der Waals surface area contributed by atoms with Gasteiger partial charge in [-0.15, -0.1) is 0 Å². The Balaban J connectivity index is 1.88. The standard InChI is InChI=1S/C22H24O5/c1-15(2)20(23)26-18-8-6-16(7-9-18)14-25-17-10-12-19(13-11-17)27-21(24)22(3,4)5/h6-13H,1,14H2,2-5H3. The summed E-state index contributed by atoms with van der Waals surface area (Å²) in [6, 6.07) is 13.9. The van der Waals surface area contributed by atoms with Crippen LogP contribution in [0.1, 0.15) is 33.3 Å². The maximum absolute atomic E-state index is 11.9. The van der Waals surface area contributed by atoms with E-state index in [1.807, 2.05) is 12.1 Å². The minimum absolute atomic E-state index is 0.288. The van der Waals surface area contributed by atoms with E-state index in [2.05, 4.69) is 6.58 Å². The summed E-state index contributed by atoms with van der Waals surface area (Å²) in [4.78, 5) is 23.4. The number of carbonyl (C=O) groups is 2. The van der Waals surface area contributed by atoms with Crippen molar-refractivity contribution in [3.05, 3.63) is 66.2 Å². The van der Waals surface area contributed by atoms with Crippen molar-refractivity contribution in [3.8, 4) is 17.2 Å². The van der Waals surface area contributed by atoms with E-state index in [0.717, 1.165) is 5.56 Å². The molecule has 0 unspecified atom stereocenters. The zero-order chi connectivity index (χ0) is 20.0. The van der Waals surface area contributed by atoms with Gasteiger partial charge in [0.15, 0.2) is 0 Å². The lowest BCUT2D eigenvalue weighted by Gasteiger charge is -2.16. The Morgan fingerprint density at radius 3 is 1.85 bits per heavy atom. The molecule has 0 spiro atoms. The molecular formula is C22H24O5. The van der Waals surface area contributed by atoms with Crippen LogP contribution in [0.4, 0.5) is 0 Å². The van der Waals surface area contributed by atoms with E-state index < -0.39 is 11.4 Å². The summed E-state index contributed by atoms with van der Waals surface area (Å²) in [5.74, 6) is 0.848. The zero-order valence-electron chi connectivity index (χ0n) is 16.1. The third kappa shape index (κ3) is 6.29. The first kappa shape index (κ1) is 20.2. The van der Waals surface area contributed by atoms with Crippen molar-refractivity contribution < 1.29 is 23.8 Å². The average molecular weight is 368 g/mol. The lowest BCUT2D eigenvalue weighted by Crippen LogP contribution is -2.25. The normalized spacial score (nSPS) is 10.8. The Kier molecular flexibility index (Phi) is 6.40. The third-order valence-corrected chi connectivity index (χ3v) is 3.53. The summed E-state index contributed by atoms with van der Waals surface area (Å²) in [6.07, 6.45) is 0. The quantitative estimate of drug-likeness (QED) is 0.420. The molecule has 27 heavy (non-hydrogen) atoms. The van der Waals surface area contributed by atoms with Gasteiger partial charge in [0.05, 0.1) is 5.41 Å². The number of benzene rings is 2. The minimum Gasteiger partial charge on any atom is -0.489 e. The summed E-state index contributed by atoms with van der Waals surface area (Å²) < 4.78 is 16.2. The van der Waals surface area contributed by atoms with Crippen LogP contribution < -0.4 is 14.2 Å². The molecular weight excluding hydrogens is 344 g/mol. The summed E-state index contributed by atoms with van der Waals surface area (Å²) in [6.45, 7) is 10.9. The predicted molar refractivity (Wildman–Crippen MR) is 103 cm³/mol. The van der Waals surface area contributed by atoms with E-state index in [9.17, 15) is 9.59 Å². The maximum atomic E-state index is 11.9. The first-order chi connectivity index (χ1) is 12.6. The van der Waals surface area contributed by atoms with Crippen molar-refractivity contribution >= 4 is 11.9 Å². The maximum Gasteiger partial charge on any atom is 0.338 e. The monoisotopic (exact) mass is 368 g/mol. The summed E-state index contributed by atoms with van der Waals surface area (Å²) in [5, 5.41) is 0. The lowest BCUT2D eigenvalue weighted by molar-refractivity contribution is -0.143. The number of hydrogen-bond acceptors (Lipinski definition) is 5. The molecule has 0 bridgehead atoms. The Labute approximate surface area is 159 Å². The largest absolute Gasteiger partial charge is 0.489 e. The van der Waals surface area contributed by atoms with E-state index in [4.69, 9.17) is 14.2 Å². The highest BCUT2D eigenvalue weighted by Crippen LogP contribution is 2.23. The molecule has 2 aromatic carbocycles. The van der Waals surface area contributed by atoms with Gasteiger partial charge in [0, 0.05) is 5.57 Å². The van der Waals surface area contributed by atoms with Crippen molar-refractivity contribution in [1.29, 1.82) is 0 Å². The second kappa shape index (κ2) is 8.54. The number of rotatable bonds is 6. The number of carbonyl (C=O) groups excluding carboxylic acids is 2. The fourth-order valence-corrected chi connectivity index (χ4v) is 1.88. The van der Waals surface area contributed by atoms with Gasteiger partial charge < -0.3 is 14.2 Å². The second-order valence-electron chi connectivity index (χ2n) is 7.21. The highest BCUT2D eigenvalue weighted by Gasteiger charge is 2.23. The van der Waals surface area contributed by atoms with Crippen LogP contribution in [0.2, 0.25) is 0 Å². The molecule has 0 N–H and O–H groups in total. The minimum atomic E-state index is -0.556. The Hall–Kier alpha value is -3.08. The van der Waals surface area contributed by atoms with Crippen LogP contribution in [-0.2, 0) is 16.2 Å². The molecule has 0 radical (unpaired) electrons. The van der Waals surface area contributed by atoms with E-state index >= 15 is 0 Å². The average Bonchev–Trinajstić information content (AvgIpc) is 2.61. The van der Waals surface area contributed by atoms with Gasteiger partial charge in [-0.2, -0.15) is 0 Å². The number of esters is 2. The summed E-state index contributed by atoms with van der Waals surface area (Å²) >= 11 is 0. The molecule has 0 saturated heterocycles. The molecule has 0 atom stereocenters. The molecule has 2 rings (SSSR count). The van der Waals surface area contributed by atoms with Crippen LogP contribution >= 0.6 is 0 Å². The second-order valence-corrected chi connectivity index (χ2v) is 7.21. The molecule has 5 nitrogen and oxygen atoms in total. The first-order valence-electron chi connectivity index (χ1n) is 8.57. The van der Waals surface area contributed by atoms with Crippen molar-refractivity contribution in [2.75, 3.05) is 0 Å². The van der Waals surface area contributed by atoms with Crippen molar-refractivity contribution in [1.82, 2.24) is 0 Å². The Morgan fingerprint density at radius 1 is 0.852 bits per heavy atom. The van der Waals surface area contributed by atoms with Gasteiger partial charge in [-0.25, -0.2) is 4.79 Å². The molecule has 0 fully saturated rings. The molecule has 0 aromatic heterocycles. The van der Waals surface area contributed by atoms with Gasteiger partial charge >= 0.3 is 11.9 Å². The van der Waals surface area contributed by atoms with Crippen LogP contribution in [0.15, 0.2) is 60.7 Å². The number of hydrogen-bond donors (Lipinski definition) is 0.